The zero-order chi connectivity index (χ0) is 9.84. The summed E-state index contributed by atoms with van der Waals surface area (Å²) in [6.45, 7) is 0.490. The minimum atomic E-state index is -0.364. The number of carbonyl (C=O) groups excluding carboxylic acids is 1. The molecule has 0 spiro atoms. The molecule has 0 radical (unpaired) electrons. The molecule has 13 heavy (non-hydrogen) atoms. The van der Waals surface area contributed by atoms with Gasteiger partial charge in [-0.05, 0) is 6.54 Å². The van der Waals surface area contributed by atoms with Crippen LogP contribution in [0.5, 0.6) is 0 Å². The van der Waals surface area contributed by atoms with Gasteiger partial charge in [-0.15, -0.1) is 0 Å². The first-order valence-electron chi connectivity index (χ1n) is 4.00. The molecule has 5 heteroatoms. The highest BCUT2D eigenvalue weighted by atomic mass is 16.5. The standard InChI is InChI=1S/C8H13N3O2/c1-11-7(3-4-9)6(5-10-11)8(12)13-2/h5H,3-4,9H2,1-2H3. The molecule has 0 aliphatic carbocycles. The van der Waals surface area contributed by atoms with Gasteiger partial charge in [-0.2, -0.15) is 5.10 Å². The van der Waals surface area contributed by atoms with Gasteiger partial charge in [-0.1, -0.05) is 0 Å². The normalized spacial score (nSPS) is 10.1. The van der Waals surface area contributed by atoms with Crippen LogP contribution >= 0.6 is 0 Å². The van der Waals surface area contributed by atoms with Crippen LogP contribution in [-0.4, -0.2) is 29.4 Å². The molecule has 1 aromatic heterocycles. The Labute approximate surface area is 76.5 Å². The Morgan fingerprint density at radius 3 is 3.00 bits per heavy atom. The highest BCUT2D eigenvalue weighted by Crippen LogP contribution is 2.08. The van der Waals surface area contributed by atoms with Crippen LogP contribution in [0.25, 0.3) is 0 Å². The van der Waals surface area contributed by atoms with Crippen molar-refractivity contribution < 1.29 is 9.53 Å². The molecular formula is C8H13N3O2. The van der Waals surface area contributed by atoms with Gasteiger partial charge in [0.05, 0.1) is 19.0 Å². The van der Waals surface area contributed by atoms with Gasteiger partial charge in [0.15, 0.2) is 0 Å². The first-order chi connectivity index (χ1) is 6.20. The van der Waals surface area contributed by atoms with E-state index in [-0.39, 0.29) is 5.97 Å². The second kappa shape index (κ2) is 4.04. The van der Waals surface area contributed by atoms with Gasteiger partial charge in [-0.3, -0.25) is 4.68 Å². The Bertz CT molecular complexity index is 306. The zero-order valence-corrected chi connectivity index (χ0v) is 7.78. The Kier molecular flexibility index (Phi) is 3.02. The number of rotatable bonds is 3. The van der Waals surface area contributed by atoms with Gasteiger partial charge >= 0.3 is 5.97 Å². The monoisotopic (exact) mass is 183 g/mol. The second-order valence-corrected chi connectivity index (χ2v) is 2.66. The van der Waals surface area contributed by atoms with Gasteiger partial charge in [0.2, 0.25) is 0 Å². The largest absolute Gasteiger partial charge is 0.465 e. The number of hydrogen-bond donors (Lipinski definition) is 1. The van der Waals surface area contributed by atoms with Crippen molar-refractivity contribution in [3.8, 4) is 0 Å². The molecule has 2 N–H and O–H groups in total. The third-order valence-corrected chi connectivity index (χ3v) is 1.85. The van der Waals surface area contributed by atoms with E-state index in [4.69, 9.17) is 5.73 Å². The third-order valence-electron chi connectivity index (χ3n) is 1.85. The molecule has 0 bridgehead atoms. The highest BCUT2D eigenvalue weighted by molar-refractivity contribution is 5.90. The van der Waals surface area contributed by atoms with Crippen molar-refractivity contribution in [1.29, 1.82) is 0 Å². The summed E-state index contributed by atoms with van der Waals surface area (Å²) in [6.07, 6.45) is 2.12. The van der Waals surface area contributed by atoms with Gasteiger partial charge in [-0.25, -0.2) is 4.79 Å². The van der Waals surface area contributed by atoms with Gasteiger partial charge < -0.3 is 10.5 Å². The fourth-order valence-corrected chi connectivity index (χ4v) is 1.18. The molecule has 0 aliphatic heterocycles. The minimum absolute atomic E-state index is 0.364. The zero-order valence-electron chi connectivity index (χ0n) is 7.78. The van der Waals surface area contributed by atoms with Crippen LogP contribution in [0.4, 0.5) is 0 Å². The summed E-state index contributed by atoms with van der Waals surface area (Å²) in [6, 6.07) is 0. The first kappa shape index (κ1) is 9.73. The average Bonchev–Trinajstić information content (AvgIpc) is 2.48. The molecule has 0 fully saturated rings. The quantitative estimate of drug-likeness (QED) is 0.653. The molecule has 0 saturated carbocycles. The number of carbonyl (C=O) groups is 1. The summed E-state index contributed by atoms with van der Waals surface area (Å²) in [7, 11) is 3.12. The maximum Gasteiger partial charge on any atom is 0.341 e. The Morgan fingerprint density at radius 2 is 2.46 bits per heavy atom. The van der Waals surface area contributed by atoms with E-state index in [0.29, 0.717) is 18.5 Å². The van der Waals surface area contributed by atoms with Crippen LogP contribution < -0.4 is 5.73 Å². The van der Waals surface area contributed by atoms with Gasteiger partial charge in [0.1, 0.15) is 5.56 Å². The van der Waals surface area contributed by atoms with E-state index in [1.165, 1.54) is 13.3 Å². The first-order valence-corrected chi connectivity index (χ1v) is 4.00. The van der Waals surface area contributed by atoms with Crippen LogP contribution in [0.2, 0.25) is 0 Å². The van der Waals surface area contributed by atoms with Gasteiger partial charge in [0.25, 0.3) is 0 Å². The molecule has 0 saturated heterocycles. The summed E-state index contributed by atoms with van der Waals surface area (Å²) < 4.78 is 6.24. The lowest BCUT2D eigenvalue weighted by atomic mass is 10.2. The van der Waals surface area contributed by atoms with E-state index < -0.39 is 0 Å². The molecule has 0 aromatic carbocycles. The lowest BCUT2D eigenvalue weighted by molar-refractivity contribution is 0.0599. The van der Waals surface area contributed by atoms with Gasteiger partial charge in [0, 0.05) is 13.5 Å². The van der Waals surface area contributed by atoms with Crippen LogP contribution in [0.1, 0.15) is 16.1 Å². The molecule has 72 valence electrons. The molecule has 1 heterocycles. The fourth-order valence-electron chi connectivity index (χ4n) is 1.18. The van der Waals surface area contributed by atoms with Crippen molar-refractivity contribution in [2.75, 3.05) is 13.7 Å². The van der Waals surface area contributed by atoms with E-state index in [1.807, 2.05) is 0 Å². The smallest absolute Gasteiger partial charge is 0.341 e. The molecule has 0 amide bonds. The Hall–Kier alpha value is -1.36. The predicted octanol–water partition coefficient (Wildman–Crippen LogP) is -0.292. The lowest BCUT2D eigenvalue weighted by Crippen LogP contribution is -2.12. The number of aryl methyl sites for hydroxylation is 1. The number of nitrogens with zero attached hydrogens (tertiary/aromatic N) is 2. The highest BCUT2D eigenvalue weighted by Gasteiger charge is 2.15. The summed E-state index contributed by atoms with van der Waals surface area (Å²) in [5.74, 6) is -0.364. The predicted molar refractivity (Wildman–Crippen MR) is 47.3 cm³/mol. The number of nitrogens with two attached hydrogens (primary N) is 1. The number of methoxy groups -OCH3 is 1. The molecule has 1 rings (SSSR count). The molecule has 1 aromatic rings. The lowest BCUT2D eigenvalue weighted by Gasteiger charge is -2.02. The molecule has 0 unspecified atom stereocenters. The third kappa shape index (κ3) is 1.86. The van der Waals surface area contributed by atoms with Crippen LogP contribution in [0, 0.1) is 0 Å². The molecule has 0 aliphatic rings. The maximum atomic E-state index is 11.2. The van der Waals surface area contributed by atoms with Crippen LogP contribution in [0.3, 0.4) is 0 Å². The average molecular weight is 183 g/mol. The number of aromatic nitrogens is 2. The number of esters is 1. The fraction of sp³-hybridized carbons (Fsp3) is 0.500. The summed E-state index contributed by atoms with van der Waals surface area (Å²) in [4.78, 5) is 11.2. The van der Waals surface area contributed by atoms with E-state index in [1.54, 1.807) is 11.7 Å². The summed E-state index contributed by atoms with van der Waals surface area (Å²) >= 11 is 0. The van der Waals surface area contributed by atoms with Crippen molar-refractivity contribution in [2.24, 2.45) is 12.8 Å². The van der Waals surface area contributed by atoms with Crippen molar-refractivity contribution in [3.63, 3.8) is 0 Å². The molecule has 0 atom stereocenters. The Balaban J connectivity index is 2.99. The van der Waals surface area contributed by atoms with Crippen molar-refractivity contribution in [3.05, 3.63) is 17.5 Å². The van der Waals surface area contributed by atoms with E-state index in [2.05, 4.69) is 9.84 Å². The topological polar surface area (TPSA) is 70.1 Å². The van der Waals surface area contributed by atoms with Crippen LogP contribution in [0.15, 0.2) is 6.20 Å². The molecular weight excluding hydrogens is 170 g/mol. The van der Waals surface area contributed by atoms with Crippen LogP contribution in [-0.2, 0) is 18.2 Å². The van der Waals surface area contributed by atoms with E-state index in [9.17, 15) is 4.79 Å². The SMILES string of the molecule is COC(=O)c1cnn(C)c1CCN. The van der Waals surface area contributed by atoms with Crippen molar-refractivity contribution in [1.82, 2.24) is 9.78 Å². The summed E-state index contributed by atoms with van der Waals surface area (Å²) in [5, 5.41) is 3.96. The van der Waals surface area contributed by atoms with Crippen molar-refractivity contribution in [2.45, 2.75) is 6.42 Å². The second-order valence-electron chi connectivity index (χ2n) is 2.66. The maximum absolute atomic E-state index is 11.2. The molecule has 5 nitrogen and oxygen atoms in total. The number of hydrogen-bond acceptors (Lipinski definition) is 4. The minimum Gasteiger partial charge on any atom is -0.465 e. The van der Waals surface area contributed by atoms with E-state index >= 15 is 0 Å². The van der Waals surface area contributed by atoms with Crippen molar-refractivity contribution >= 4 is 5.97 Å². The number of ether oxygens (including phenoxy) is 1. The van der Waals surface area contributed by atoms with E-state index in [0.717, 1.165) is 5.69 Å². The summed E-state index contributed by atoms with van der Waals surface area (Å²) in [5.41, 5.74) is 6.72. The Morgan fingerprint density at radius 1 is 1.77 bits per heavy atom.